The number of aromatic nitrogens is 2. The molecule has 7 heteroatoms. The Kier molecular flexibility index (Phi) is 6.11. The lowest BCUT2D eigenvalue weighted by Crippen LogP contribution is -2.44. The molecular formula is C21H29N3O2S2. The molecule has 0 spiro atoms. The largest absolute Gasteiger partial charge is 0.339 e. The first-order chi connectivity index (χ1) is 13.6. The smallest absolute Gasteiger partial charge is 0.263 e. The maximum absolute atomic E-state index is 13.2. The Balaban J connectivity index is 1.60. The Morgan fingerprint density at radius 1 is 1.21 bits per heavy atom. The van der Waals surface area contributed by atoms with Crippen LogP contribution in [0.15, 0.2) is 9.95 Å². The lowest BCUT2D eigenvalue weighted by atomic mass is 9.97. The summed E-state index contributed by atoms with van der Waals surface area (Å²) in [5.41, 5.74) is 1.31. The van der Waals surface area contributed by atoms with Crippen molar-refractivity contribution in [1.82, 2.24) is 14.5 Å². The van der Waals surface area contributed by atoms with Gasteiger partial charge in [0.1, 0.15) is 4.83 Å². The first-order valence-corrected chi connectivity index (χ1v) is 12.4. The zero-order valence-electron chi connectivity index (χ0n) is 16.8. The molecule has 0 aromatic carbocycles. The third-order valence-electron chi connectivity index (χ3n) is 6.10. The maximum Gasteiger partial charge on any atom is 0.263 e. The molecule has 0 bridgehead atoms. The average molecular weight is 420 g/mol. The molecule has 1 aliphatic heterocycles. The third kappa shape index (κ3) is 3.63. The van der Waals surface area contributed by atoms with Crippen molar-refractivity contribution in [2.24, 2.45) is 0 Å². The second kappa shape index (κ2) is 8.57. The number of piperidine rings is 1. The topological polar surface area (TPSA) is 55.2 Å². The van der Waals surface area contributed by atoms with Gasteiger partial charge in [-0.25, -0.2) is 4.98 Å². The number of thioether (sulfide) groups is 1. The summed E-state index contributed by atoms with van der Waals surface area (Å²) >= 11 is 3.11. The number of hydrogen-bond acceptors (Lipinski definition) is 5. The summed E-state index contributed by atoms with van der Waals surface area (Å²) < 4.78 is 1.76. The van der Waals surface area contributed by atoms with E-state index in [0.29, 0.717) is 23.5 Å². The molecule has 1 saturated heterocycles. The first kappa shape index (κ1) is 20.0. The van der Waals surface area contributed by atoms with Crippen LogP contribution >= 0.6 is 23.1 Å². The van der Waals surface area contributed by atoms with Crippen LogP contribution in [0, 0.1) is 0 Å². The van der Waals surface area contributed by atoms with Crippen LogP contribution in [-0.2, 0) is 24.2 Å². The molecule has 2 aromatic rings. The van der Waals surface area contributed by atoms with Crippen molar-refractivity contribution in [1.29, 1.82) is 0 Å². The Morgan fingerprint density at radius 2 is 2.04 bits per heavy atom. The van der Waals surface area contributed by atoms with Crippen LogP contribution in [0.25, 0.3) is 10.2 Å². The standard InChI is InChI=1S/C21H29N3O2S2/c1-3-14-9-7-8-12-24(14)17(25)13-27-21-22-19-18(20(26)23(21)4-2)15-10-5-6-11-16(15)28-19/h14H,3-13H2,1-2H3/t14-/m1/s1. The van der Waals surface area contributed by atoms with Crippen LogP contribution < -0.4 is 5.56 Å². The minimum atomic E-state index is 0.0752. The fourth-order valence-corrected chi connectivity index (χ4v) is 6.82. The summed E-state index contributed by atoms with van der Waals surface area (Å²) in [5.74, 6) is 0.540. The van der Waals surface area contributed by atoms with E-state index < -0.39 is 0 Å². The van der Waals surface area contributed by atoms with E-state index >= 15 is 0 Å². The van der Waals surface area contributed by atoms with Crippen molar-refractivity contribution in [3.05, 3.63) is 20.8 Å². The normalized spacial score (nSPS) is 19.8. The SMILES string of the molecule is CC[C@@H]1CCCCN1C(=O)CSc1nc2sc3c(c2c(=O)n1CC)CCCC3. The van der Waals surface area contributed by atoms with Crippen molar-refractivity contribution in [3.8, 4) is 0 Å². The third-order valence-corrected chi connectivity index (χ3v) is 8.25. The van der Waals surface area contributed by atoms with Crippen molar-refractivity contribution in [2.75, 3.05) is 12.3 Å². The van der Waals surface area contributed by atoms with E-state index in [9.17, 15) is 9.59 Å². The number of carbonyl (C=O) groups excluding carboxylic acids is 1. The molecule has 3 heterocycles. The number of fused-ring (bicyclic) bond motifs is 3. The van der Waals surface area contributed by atoms with Crippen LogP contribution in [0.5, 0.6) is 0 Å². The van der Waals surface area contributed by atoms with Crippen molar-refractivity contribution in [3.63, 3.8) is 0 Å². The molecule has 0 saturated carbocycles. The van der Waals surface area contributed by atoms with Gasteiger partial charge in [-0.3, -0.25) is 14.2 Å². The summed E-state index contributed by atoms with van der Waals surface area (Å²) in [5, 5.41) is 1.52. The van der Waals surface area contributed by atoms with Gasteiger partial charge in [-0.05, 0) is 63.9 Å². The molecule has 2 aliphatic rings. The molecule has 4 rings (SSSR count). The zero-order chi connectivity index (χ0) is 19.7. The Hall–Kier alpha value is -1.34. The number of hydrogen-bond donors (Lipinski definition) is 0. The van der Waals surface area contributed by atoms with E-state index in [-0.39, 0.29) is 11.5 Å². The molecular weight excluding hydrogens is 390 g/mol. The maximum atomic E-state index is 13.2. The fourth-order valence-electron chi connectivity index (χ4n) is 4.57. The van der Waals surface area contributed by atoms with Gasteiger partial charge in [-0.2, -0.15) is 0 Å². The monoisotopic (exact) mass is 419 g/mol. The van der Waals surface area contributed by atoms with Crippen LogP contribution in [0.3, 0.4) is 0 Å². The number of nitrogens with zero attached hydrogens (tertiary/aromatic N) is 3. The predicted octanol–water partition coefficient (Wildman–Crippen LogP) is 4.24. The van der Waals surface area contributed by atoms with Gasteiger partial charge in [-0.1, -0.05) is 18.7 Å². The van der Waals surface area contributed by atoms with Gasteiger partial charge in [0.15, 0.2) is 5.16 Å². The van der Waals surface area contributed by atoms with Gasteiger partial charge < -0.3 is 4.90 Å². The highest BCUT2D eigenvalue weighted by Gasteiger charge is 2.26. The van der Waals surface area contributed by atoms with Crippen molar-refractivity contribution < 1.29 is 4.79 Å². The van der Waals surface area contributed by atoms with E-state index in [4.69, 9.17) is 4.98 Å². The number of rotatable bonds is 5. The van der Waals surface area contributed by atoms with E-state index in [2.05, 4.69) is 6.92 Å². The van der Waals surface area contributed by atoms with Crippen LogP contribution in [0.2, 0.25) is 0 Å². The van der Waals surface area contributed by atoms with Crippen LogP contribution in [0.1, 0.15) is 62.8 Å². The second-order valence-corrected chi connectivity index (χ2v) is 9.79. The van der Waals surface area contributed by atoms with E-state index in [0.717, 1.165) is 55.3 Å². The highest BCUT2D eigenvalue weighted by Crippen LogP contribution is 2.34. The summed E-state index contributed by atoms with van der Waals surface area (Å²) in [4.78, 5) is 35.1. The van der Waals surface area contributed by atoms with Crippen molar-refractivity contribution in [2.45, 2.75) is 83.0 Å². The zero-order valence-corrected chi connectivity index (χ0v) is 18.5. The number of likely N-dealkylation sites (tertiary alicyclic amines) is 1. The molecule has 0 unspecified atom stereocenters. The summed E-state index contributed by atoms with van der Waals surface area (Å²) in [6.45, 7) is 5.59. The fraction of sp³-hybridized carbons (Fsp3) is 0.667. The number of carbonyl (C=O) groups is 1. The predicted molar refractivity (Wildman–Crippen MR) is 117 cm³/mol. The summed E-state index contributed by atoms with van der Waals surface area (Å²) in [6, 6.07) is 0.370. The molecule has 2 aromatic heterocycles. The van der Waals surface area contributed by atoms with Gasteiger partial charge >= 0.3 is 0 Å². The highest BCUT2D eigenvalue weighted by atomic mass is 32.2. The van der Waals surface area contributed by atoms with E-state index in [1.807, 2.05) is 11.8 Å². The minimum Gasteiger partial charge on any atom is -0.339 e. The molecule has 0 radical (unpaired) electrons. The number of aryl methyl sites for hydroxylation is 2. The lowest BCUT2D eigenvalue weighted by molar-refractivity contribution is -0.132. The molecule has 1 atom stereocenters. The van der Waals surface area contributed by atoms with Crippen LogP contribution in [0.4, 0.5) is 0 Å². The summed E-state index contributed by atoms with van der Waals surface area (Å²) in [7, 11) is 0. The minimum absolute atomic E-state index is 0.0752. The second-order valence-electron chi connectivity index (χ2n) is 7.77. The number of thiophene rings is 1. The molecule has 5 nitrogen and oxygen atoms in total. The average Bonchev–Trinajstić information content (AvgIpc) is 3.10. The summed E-state index contributed by atoms with van der Waals surface area (Å²) in [6.07, 6.45) is 8.85. The first-order valence-electron chi connectivity index (χ1n) is 10.6. The van der Waals surface area contributed by atoms with Gasteiger partial charge in [-0.15, -0.1) is 11.3 Å². The van der Waals surface area contributed by atoms with Crippen molar-refractivity contribution >= 4 is 39.2 Å². The molecule has 28 heavy (non-hydrogen) atoms. The van der Waals surface area contributed by atoms with Gasteiger partial charge in [0, 0.05) is 24.0 Å². The Labute approximate surface area is 174 Å². The molecule has 1 fully saturated rings. The number of amides is 1. The van der Waals surface area contributed by atoms with Gasteiger partial charge in [0.2, 0.25) is 5.91 Å². The Morgan fingerprint density at radius 3 is 2.82 bits per heavy atom. The molecule has 1 aliphatic carbocycles. The molecule has 0 N–H and O–H groups in total. The van der Waals surface area contributed by atoms with Gasteiger partial charge in [0.05, 0.1) is 11.1 Å². The highest BCUT2D eigenvalue weighted by molar-refractivity contribution is 7.99. The van der Waals surface area contributed by atoms with E-state index in [1.54, 1.807) is 15.9 Å². The quantitative estimate of drug-likeness (QED) is 0.537. The van der Waals surface area contributed by atoms with E-state index in [1.165, 1.54) is 35.0 Å². The Bertz CT molecular complexity index is 934. The lowest BCUT2D eigenvalue weighted by Gasteiger charge is -2.35. The molecule has 152 valence electrons. The van der Waals surface area contributed by atoms with Crippen LogP contribution in [-0.4, -0.2) is 38.7 Å². The van der Waals surface area contributed by atoms with Gasteiger partial charge in [0.25, 0.3) is 5.56 Å². The molecule has 1 amide bonds.